The van der Waals surface area contributed by atoms with Crippen LogP contribution in [0.4, 0.5) is 0 Å². The van der Waals surface area contributed by atoms with E-state index in [0.29, 0.717) is 18.4 Å². The van der Waals surface area contributed by atoms with Gasteiger partial charge in [0.1, 0.15) is 11.9 Å². The minimum absolute atomic E-state index is 0.0197. The van der Waals surface area contributed by atoms with Crippen molar-refractivity contribution in [2.75, 3.05) is 6.61 Å². The number of hydrogen-bond donors (Lipinski definition) is 0. The Bertz CT molecular complexity index is 802. The average molecular weight is 296 g/mol. The molecule has 0 aliphatic heterocycles. The molecule has 1 heterocycles. The fourth-order valence-corrected chi connectivity index (χ4v) is 2.85. The fourth-order valence-electron chi connectivity index (χ4n) is 2.85. The first-order valence-electron chi connectivity index (χ1n) is 7.75. The van der Waals surface area contributed by atoms with Gasteiger partial charge in [0, 0.05) is 13.0 Å². The van der Waals surface area contributed by atoms with Crippen molar-refractivity contribution in [3.05, 3.63) is 58.7 Å². The van der Waals surface area contributed by atoms with Crippen LogP contribution in [0.5, 0.6) is 0 Å². The zero-order valence-electron chi connectivity index (χ0n) is 13.0. The highest BCUT2D eigenvalue weighted by Crippen LogP contribution is 2.22. The molecule has 1 aromatic carbocycles. The van der Waals surface area contributed by atoms with Crippen LogP contribution in [0.3, 0.4) is 0 Å². The maximum absolute atomic E-state index is 13.0. The number of para-hydroxylation sites is 1. The maximum atomic E-state index is 13.0. The van der Waals surface area contributed by atoms with Crippen LogP contribution < -0.4 is 5.56 Å². The highest BCUT2D eigenvalue weighted by molar-refractivity contribution is 5.78. The van der Waals surface area contributed by atoms with E-state index in [-0.39, 0.29) is 11.7 Å². The summed E-state index contributed by atoms with van der Waals surface area (Å²) in [5.74, 6) is 0.773. The molecule has 2 aromatic rings. The van der Waals surface area contributed by atoms with Crippen LogP contribution in [-0.4, -0.2) is 22.3 Å². The van der Waals surface area contributed by atoms with Gasteiger partial charge in [-0.2, -0.15) is 0 Å². The molecule has 1 aliphatic rings. The van der Waals surface area contributed by atoms with E-state index in [1.807, 2.05) is 50.3 Å². The molecule has 1 atom stereocenters. The number of rotatable bonds is 4. The molecule has 1 unspecified atom stereocenters. The van der Waals surface area contributed by atoms with E-state index in [4.69, 9.17) is 4.74 Å². The zero-order valence-corrected chi connectivity index (χ0v) is 13.0. The Morgan fingerprint density at radius 3 is 2.91 bits per heavy atom. The monoisotopic (exact) mass is 296 g/mol. The Kier molecular flexibility index (Phi) is 4.20. The summed E-state index contributed by atoms with van der Waals surface area (Å²) in [5, 5.41) is 0.644. The molecule has 114 valence electrons. The topological polar surface area (TPSA) is 44.1 Å². The Balaban J connectivity index is 2.25. The summed E-state index contributed by atoms with van der Waals surface area (Å²) in [6, 6.07) is 7.49. The highest BCUT2D eigenvalue weighted by Gasteiger charge is 2.21. The number of nitrogens with zero attached hydrogens (tertiary/aromatic N) is 2. The Labute approximate surface area is 129 Å². The maximum Gasteiger partial charge on any atom is 0.265 e. The summed E-state index contributed by atoms with van der Waals surface area (Å²) in [5.41, 5.74) is 1.61. The van der Waals surface area contributed by atoms with Crippen molar-refractivity contribution in [3.8, 4) is 0 Å². The summed E-state index contributed by atoms with van der Waals surface area (Å²) in [7, 11) is 0. The van der Waals surface area contributed by atoms with Gasteiger partial charge >= 0.3 is 0 Å². The zero-order chi connectivity index (χ0) is 15.5. The van der Waals surface area contributed by atoms with Gasteiger partial charge < -0.3 is 4.74 Å². The van der Waals surface area contributed by atoms with Crippen LogP contribution in [0.15, 0.2) is 47.3 Å². The molecule has 0 radical (unpaired) electrons. The van der Waals surface area contributed by atoms with E-state index in [9.17, 15) is 4.79 Å². The molecule has 0 saturated heterocycles. The fraction of sp³-hybridized carbons (Fsp3) is 0.333. The number of benzene rings is 1. The van der Waals surface area contributed by atoms with Crippen molar-refractivity contribution < 1.29 is 4.74 Å². The molecule has 22 heavy (non-hydrogen) atoms. The lowest BCUT2D eigenvalue weighted by Gasteiger charge is -2.24. The summed E-state index contributed by atoms with van der Waals surface area (Å²) in [6.07, 6.45) is 7.38. The van der Waals surface area contributed by atoms with Crippen molar-refractivity contribution in [3.63, 3.8) is 0 Å². The SMILES string of the molecule is CCOC1CC=CC=C1n1c(CC)nc2ccccc2c1=O. The molecule has 0 spiro atoms. The van der Waals surface area contributed by atoms with Crippen LogP contribution >= 0.6 is 0 Å². The third-order valence-corrected chi connectivity index (χ3v) is 3.87. The molecular formula is C18H20N2O2. The first-order valence-corrected chi connectivity index (χ1v) is 7.75. The van der Waals surface area contributed by atoms with Gasteiger partial charge in [0.25, 0.3) is 5.56 Å². The van der Waals surface area contributed by atoms with E-state index >= 15 is 0 Å². The first kappa shape index (κ1) is 14.7. The predicted molar refractivity (Wildman–Crippen MR) is 88.8 cm³/mol. The van der Waals surface area contributed by atoms with Crippen molar-refractivity contribution in [1.29, 1.82) is 0 Å². The molecule has 0 amide bonds. The average Bonchev–Trinajstić information content (AvgIpc) is 2.56. The van der Waals surface area contributed by atoms with Gasteiger partial charge in [-0.1, -0.05) is 31.2 Å². The summed E-state index contributed by atoms with van der Waals surface area (Å²) >= 11 is 0. The van der Waals surface area contributed by atoms with E-state index in [2.05, 4.69) is 11.1 Å². The number of fused-ring (bicyclic) bond motifs is 1. The Hall–Kier alpha value is -2.20. The highest BCUT2D eigenvalue weighted by atomic mass is 16.5. The molecule has 1 aromatic heterocycles. The lowest BCUT2D eigenvalue weighted by molar-refractivity contribution is 0.100. The second-order valence-corrected chi connectivity index (χ2v) is 5.24. The van der Waals surface area contributed by atoms with Gasteiger partial charge in [0.15, 0.2) is 0 Å². The van der Waals surface area contributed by atoms with E-state index in [1.165, 1.54) is 0 Å². The number of allylic oxidation sites excluding steroid dienone is 2. The third-order valence-electron chi connectivity index (χ3n) is 3.87. The lowest BCUT2D eigenvalue weighted by Crippen LogP contribution is -2.31. The quantitative estimate of drug-likeness (QED) is 0.870. The molecule has 1 aliphatic carbocycles. The molecule has 3 rings (SSSR count). The molecule has 4 nitrogen and oxygen atoms in total. The summed E-state index contributed by atoms with van der Waals surface area (Å²) < 4.78 is 7.54. The van der Waals surface area contributed by atoms with Crippen LogP contribution in [0.1, 0.15) is 26.1 Å². The number of hydrogen-bond acceptors (Lipinski definition) is 3. The van der Waals surface area contributed by atoms with Crippen LogP contribution in [0, 0.1) is 0 Å². The molecular weight excluding hydrogens is 276 g/mol. The normalized spacial score (nSPS) is 17.7. The number of aryl methyl sites for hydroxylation is 1. The van der Waals surface area contributed by atoms with Gasteiger partial charge in [-0.15, -0.1) is 0 Å². The largest absolute Gasteiger partial charge is 0.372 e. The van der Waals surface area contributed by atoms with E-state index in [1.54, 1.807) is 4.57 Å². The smallest absolute Gasteiger partial charge is 0.265 e. The van der Waals surface area contributed by atoms with Crippen molar-refractivity contribution in [1.82, 2.24) is 9.55 Å². The molecule has 0 fully saturated rings. The standard InChI is InChI=1S/C18H20N2O2/c1-3-17-19-14-10-6-5-9-13(14)18(21)20(17)15-11-7-8-12-16(15)22-4-2/h5-11,16H,3-4,12H2,1-2H3. The first-order chi connectivity index (χ1) is 10.8. The second-order valence-electron chi connectivity index (χ2n) is 5.24. The van der Waals surface area contributed by atoms with E-state index in [0.717, 1.165) is 23.5 Å². The summed E-state index contributed by atoms with van der Waals surface area (Å²) in [6.45, 7) is 4.60. The molecule has 0 saturated carbocycles. The number of aromatic nitrogens is 2. The minimum Gasteiger partial charge on any atom is -0.372 e. The van der Waals surface area contributed by atoms with Crippen LogP contribution in [-0.2, 0) is 11.2 Å². The van der Waals surface area contributed by atoms with E-state index < -0.39 is 0 Å². The number of ether oxygens (including phenoxy) is 1. The summed E-state index contributed by atoms with van der Waals surface area (Å²) in [4.78, 5) is 17.6. The van der Waals surface area contributed by atoms with Crippen LogP contribution in [0.25, 0.3) is 16.6 Å². The Morgan fingerprint density at radius 1 is 1.32 bits per heavy atom. The van der Waals surface area contributed by atoms with Crippen molar-refractivity contribution in [2.24, 2.45) is 0 Å². The predicted octanol–water partition coefficient (Wildman–Crippen LogP) is 3.16. The van der Waals surface area contributed by atoms with Gasteiger partial charge in [-0.3, -0.25) is 9.36 Å². The van der Waals surface area contributed by atoms with Gasteiger partial charge in [0.2, 0.25) is 0 Å². The lowest BCUT2D eigenvalue weighted by atomic mass is 10.1. The Morgan fingerprint density at radius 2 is 2.14 bits per heavy atom. The molecule has 0 N–H and O–H groups in total. The molecule has 0 bridgehead atoms. The van der Waals surface area contributed by atoms with Crippen molar-refractivity contribution in [2.45, 2.75) is 32.8 Å². The second kappa shape index (κ2) is 6.28. The van der Waals surface area contributed by atoms with Gasteiger partial charge in [0.05, 0.1) is 16.6 Å². The van der Waals surface area contributed by atoms with Crippen molar-refractivity contribution >= 4 is 16.6 Å². The van der Waals surface area contributed by atoms with Gasteiger partial charge in [-0.05, 0) is 31.6 Å². The third kappa shape index (κ3) is 2.50. The molecule has 4 heteroatoms. The van der Waals surface area contributed by atoms with Gasteiger partial charge in [-0.25, -0.2) is 4.98 Å². The minimum atomic E-state index is -0.0963. The van der Waals surface area contributed by atoms with Crippen LogP contribution in [0.2, 0.25) is 0 Å².